The van der Waals surface area contributed by atoms with Crippen molar-refractivity contribution < 1.29 is 22.7 Å². The Kier molecular flexibility index (Phi) is 3.32. The van der Waals surface area contributed by atoms with Gasteiger partial charge in [-0.25, -0.2) is 0 Å². The molecule has 0 bridgehead atoms. The number of likely N-dealkylation sites (tertiary alicyclic amines) is 1. The number of likely N-dealkylation sites (N-methyl/N-ethyl adjacent to an activating group) is 1. The van der Waals surface area contributed by atoms with Crippen LogP contribution in [0.3, 0.4) is 0 Å². The van der Waals surface area contributed by atoms with Crippen molar-refractivity contribution >= 4 is 5.91 Å². The second-order valence-electron chi connectivity index (χ2n) is 5.57. The number of nitrogens with zero attached hydrogens (tertiary/aromatic N) is 1. The van der Waals surface area contributed by atoms with Gasteiger partial charge in [-0.15, -0.1) is 13.2 Å². The number of hydrogen-bond acceptors (Lipinski definition) is 3. The lowest BCUT2D eigenvalue weighted by Gasteiger charge is -2.18. The highest BCUT2D eigenvalue weighted by Crippen LogP contribution is 2.39. The van der Waals surface area contributed by atoms with E-state index in [1.165, 1.54) is 12.1 Å². The number of halogens is 3. The molecule has 0 aromatic heterocycles. The average molecular weight is 300 g/mol. The summed E-state index contributed by atoms with van der Waals surface area (Å²) < 4.78 is 41.6. The summed E-state index contributed by atoms with van der Waals surface area (Å²) in [6.45, 7) is 2.00. The van der Waals surface area contributed by atoms with Crippen molar-refractivity contribution in [1.29, 1.82) is 0 Å². The molecule has 0 aliphatic carbocycles. The summed E-state index contributed by atoms with van der Waals surface area (Å²) in [5.74, 6) is -0.670. The minimum atomic E-state index is -4.81. The van der Waals surface area contributed by atoms with E-state index in [-0.39, 0.29) is 17.4 Å². The van der Waals surface area contributed by atoms with E-state index in [1.807, 2.05) is 7.05 Å². The molecule has 1 amide bonds. The van der Waals surface area contributed by atoms with E-state index in [2.05, 4.69) is 15.0 Å². The number of amides is 1. The van der Waals surface area contributed by atoms with Crippen LogP contribution in [-0.4, -0.2) is 43.9 Å². The Morgan fingerprint density at radius 2 is 2.10 bits per heavy atom. The van der Waals surface area contributed by atoms with Gasteiger partial charge in [-0.05, 0) is 24.6 Å². The average Bonchev–Trinajstić information content (AvgIpc) is 2.69. The largest absolute Gasteiger partial charge is 0.573 e. The highest BCUT2D eigenvalue weighted by Gasteiger charge is 2.40. The van der Waals surface area contributed by atoms with Crippen molar-refractivity contribution in [2.75, 3.05) is 26.7 Å². The van der Waals surface area contributed by atoms with Gasteiger partial charge in [0.2, 0.25) is 0 Å². The van der Waals surface area contributed by atoms with Crippen LogP contribution < -0.4 is 10.1 Å². The van der Waals surface area contributed by atoms with Crippen molar-refractivity contribution in [3.63, 3.8) is 0 Å². The van der Waals surface area contributed by atoms with Crippen molar-refractivity contribution in [2.45, 2.75) is 12.3 Å². The summed E-state index contributed by atoms with van der Waals surface area (Å²) in [6, 6.07) is 4.42. The molecule has 0 saturated carbocycles. The lowest BCUT2D eigenvalue weighted by molar-refractivity contribution is -0.274. The monoisotopic (exact) mass is 300 g/mol. The molecule has 1 fully saturated rings. The Hall–Kier alpha value is -1.76. The molecule has 21 heavy (non-hydrogen) atoms. The maximum Gasteiger partial charge on any atom is 0.573 e. The highest BCUT2D eigenvalue weighted by atomic mass is 19.4. The summed E-state index contributed by atoms with van der Waals surface area (Å²) >= 11 is 0. The Morgan fingerprint density at radius 1 is 1.33 bits per heavy atom. The molecule has 2 atom stereocenters. The normalized spacial score (nSPS) is 25.8. The molecule has 1 aromatic rings. The lowest BCUT2D eigenvalue weighted by Crippen LogP contribution is -2.29. The van der Waals surface area contributed by atoms with Gasteiger partial charge in [-0.1, -0.05) is 12.1 Å². The van der Waals surface area contributed by atoms with E-state index in [1.54, 1.807) is 6.07 Å². The first-order valence-electron chi connectivity index (χ1n) is 6.70. The van der Waals surface area contributed by atoms with Crippen LogP contribution in [0.2, 0.25) is 0 Å². The van der Waals surface area contributed by atoms with Crippen molar-refractivity contribution in [2.24, 2.45) is 5.92 Å². The second-order valence-corrected chi connectivity index (χ2v) is 5.57. The number of rotatable bonds is 1. The highest BCUT2D eigenvalue weighted by molar-refractivity contribution is 5.99. The third-order valence-electron chi connectivity index (χ3n) is 4.06. The Morgan fingerprint density at radius 3 is 2.81 bits per heavy atom. The quantitative estimate of drug-likeness (QED) is 0.862. The van der Waals surface area contributed by atoms with Crippen LogP contribution in [0.5, 0.6) is 5.75 Å². The molecular formula is C14H15F3N2O2. The van der Waals surface area contributed by atoms with Crippen LogP contribution in [0, 0.1) is 5.92 Å². The van der Waals surface area contributed by atoms with Crippen LogP contribution >= 0.6 is 0 Å². The van der Waals surface area contributed by atoms with Crippen LogP contribution in [0.25, 0.3) is 0 Å². The van der Waals surface area contributed by atoms with E-state index in [4.69, 9.17) is 0 Å². The van der Waals surface area contributed by atoms with Gasteiger partial charge < -0.3 is 15.0 Å². The third-order valence-corrected chi connectivity index (χ3v) is 4.06. The predicted molar refractivity (Wildman–Crippen MR) is 69.2 cm³/mol. The molecule has 3 rings (SSSR count). The Bertz CT molecular complexity index is 574. The van der Waals surface area contributed by atoms with Gasteiger partial charge in [-0.3, -0.25) is 4.79 Å². The minimum Gasteiger partial charge on any atom is -0.405 e. The van der Waals surface area contributed by atoms with Crippen molar-refractivity contribution in [1.82, 2.24) is 10.2 Å². The molecule has 114 valence electrons. The van der Waals surface area contributed by atoms with E-state index in [0.717, 1.165) is 13.1 Å². The number of ether oxygens (including phenoxy) is 1. The molecule has 0 spiro atoms. The lowest BCUT2D eigenvalue weighted by atomic mass is 9.87. The molecule has 7 heteroatoms. The number of benzene rings is 1. The molecule has 0 radical (unpaired) electrons. The smallest absolute Gasteiger partial charge is 0.405 e. The molecule has 2 heterocycles. The maximum absolute atomic E-state index is 12.5. The SMILES string of the molecule is CN1C[C@@H]2CNC(=O)c3c(OC(F)(F)F)cccc3[C@H]2C1. The molecule has 1 aromatic carbocycles. The topological polar surface area (TPSA) is 41.6 Å². The molecule has 1 N–H and O–H groups in total. The number of carbonyl (C=O) groups excluding carboxylic acids is 1. The van der Waals surface area contributed by atoms with Crippen LogP contribution in [0.4, 0.5) is 13.2 Å². The standard InChI is InChI=1S/C14H15F3N2O2/c1-19-6-8-5-18-13(20)12-9(10(8)7-19)3-2-4-11(12)21-14(15,16)17/h2-4,8,10H,5-7H2,1H3,(H,18,20)/t8-,10-/m0/s1. The van der Waals surface area contributed by atoms with Gasteiger partial charge >= 0.3 is 6.36 Å². The summed E-state index contributed by atoms with van der Waals surface area (Å²) in [5, 5.41) is 2.71. The second kappa shape index (κ2) is 4.91. The fraction of sp³-hybridized carbons (Fsp3) is 0.500. The van der Waals surface area contributed by atoms with Gasteiger partial charge in [0.25, 0.3) is 5.91 Å². The fourth-order valence-corrected chi connectivity index (χ4v) is 3.27. The number of carbonyl (C=O) groups is 1. The Balaban J connectivity index is 2.07. The molecule has 2 aliphatic heterocycles. The summed E-state index contributed by atoms with van der Waals surface area (Å²) in [7, 11) is 1.96. The zero-order valence-corrected chi connectivity index (χ0v) is 11.4. The van der Waals surface area contributed by atoms with Crippen LogP contribution in [0.15, 0.2) is 18.2 Å². The molecule has 1 saturated heterocycles. The van der Waals surface area contributed by atoms with E-state index >= 15 is 0 Å². The fourth-order valence-electron chi connectivity index (χ4n) is 3.27. The maximum atomic E-state index is 12.5. The first-order chi connectivity index (χ1) is 9.85. The van der Waals surface area contributed by atoms with Gasteiger partial charge in [0, 0.05) is 25.6 Å². The predicted octanol–water partition coefficient (Wildman–Crippen LogP) is 1.97. The zero-order chi connectivity index (χ0) is 15.2. The molecule has 4 nitrogen and oxygen atoms in total. The van der Waals surface area contributed by atoms with Gasteiger partial charge in [-0.2, -0.15) is 0 Å². The van der Waals surface area contributed by atoms with Gasteiger partial charge in [0.1, 0.15) is 5.75 Å². The van der Waals surface area contributed by atoms with Crippen LogP contribution in [0.1, 0.15) is 21.8 Å². The first kappa shape index (κ1) is 14.2. The van der Waals surface area contributed by atoms with E-state index in [9.17, 15) is 18.0 Å². The first-order valence-corrected chi connectivity index (χ1v) is 6.70. The van der Waals surface area contributed by atoms with Crippen LogP contribution in [-0.2, 0) is 0 Å². The van der Waals surface area contributed by atoms with E-state index < -0.39 is 18.0 Å². The summed E-state index contributed by atoms with van der Waals surface area (Å²) in [5.41, 5.74) is 0.652. The molecule has 2 aliphatic rings. The van der Waals surface area contributed by atoms with Gasteiger partial charge in [0.15, 0.2) is 0 Å². The van der Waals surface area contributed by atoms with Crippen molar-refractivity contribution in [3.05, 3.63) is 29.3 Å². The summed E-state index contributed by atoms with van der Waals surface area (Å²) in [4.78, 5) is 14.3. The number of alkyl halides is 3. The third kappa shape index (κ3) is 2.70. The number of nitrogens with one attached hydrogen (secondary N) is 1. The van der Waals surface area contributed by atoms with Gasteiger partial charge in [0.05, 0.1) is 5.56 Å². The molecule has 0 unspecified atom stereocenters. The zero-order valence-electron chi connectivity index (χ0n) is 11.4. The van der Waals surface area contributed by atoms with Crippen molar-refractivity contribution in [3.8, 4) is 5.75 Å². The summed E-state index contributed by atoms with van der Waals surface area (Å²) in [6.07, 6.45) is -4.81. The number of hydrogen-bond donors (Lipinski definition) is 1. The number of fused-ring (bicyclic) bond motifs is 3. The Labute approximate surface area is 119 Å². The van der Waals surface area contributed by atoms with E-state index in [0.29, 0.717) is 12.1 Å². The minimum absolute atomic E-state index is 0.0117. The molecular weight excluding hydrogens is 285 g/mol.